The summed E-state index contributed by atoms with van der Waals surface area (Å²) in [5.74, 6) is -0.235. The maximum atomic E-state index is 12.1. The SMILES string of the molecule is CCOC(=O)Cc1c(C(=O)OCC)[nH]c2ccc(OC)cc12. The summed E-state index contributed by atoms with van der Waals surface area (Å²) >= 11 is 0. The lowest BCUT2D eigenvalue weighted by Gasteiger charge is -2.05. The standard InChI is InChI=1S/C16H19NO5/c1-4-21-14(18)9-12-11-8-10(20-3)6-7-13(11)17-15(12)16(19)22-5-2/h6-8,17H,4-5,9H2,1-3H3. The molecule has 1 heterocycles. The molecule has 6 heteroatoms. The van der Waals surface area contributed by atoms with E-state index >= 15 is 0 Å². The highest BCUT2D eigenvalue weighted by molar-refractivity contribution is 6.00. The van der Waals surface area contributed by atoms with Crippen molar-refractivity contribution in [2.75, 3.05) is 20.3 Å². The highest BCUT2D eigenvalue weighted by Crippen LogP contribution is 2.28. The minimum Gasteiger partial charge on any atom is -0.497 e. The molecular formula is C16H19NO5. The van der Waals surface area contributed by atoms with Gasteiger partial charge in [-0.1, -0.05) is 0 Å². The van der Waals surface area contributed by atoms with Crippen molar-refractivity contribution < 1.29 is 23.8 Å². The molecule has 0 bridgehead atoms. The molecule has 0 spiro atoms. The van der Waals surface area contributed by atoms with Gasteiger partial charge in [0.05, 0.1) is 26.7 Å². The van der Waals surface area contributed by atoms with Crippen LogP contribution in [-0.2, 0) is 20.7 Å². The van der Waals surface area contributed by atoms with Crippen molar-refractivity contribution >= 4 is 22.8 Å². The van der Waals surface area contributed by atoms with Crippen LogP contribution in [0.25, 0.3) is 10.9 Å². The molecule has 0 radical (unpaired) electrons. The summed E-state index contributed by atoms with van der Waals surface area (Å²) in [5.41, 5.74) is 1.58. The predicted octanol–water partition coefficient (Wildman–Crippen LogP) is 2.46. The van der Waals surface area contributed by atoms with Crippen LogP contribution in [0.2, 0.25) is 0 Å². The first kappa shape index (κ1) is 15.9. The van der Waals surface area contributed by atoms with Crippen LogP contribution in [-0.4, -0.2) is 37.2 Å². The number of fused-ring (bicyclic) bond motifs is 1. The Morgan fingerprint density at radius 2 is 1.86 bits per heavy atom. The molecule has 2 rings (SSSR count). The van der Waals surface area contributed by atoms with Crippen LogP contribution in [0, 0.1) is 0 Å². The summed E-state index contributed by atoms with van der Waals surface area (Å²) in [6.07, 6.45) is -0.00481. The summed E-state index contributed by atoms with van der Waals surface area (Å²) in [5, 5.41) is 0.746. The maximum Gasteiger partial charge on any atom is 0.355 e. The van der Waals surface area contributed by atoms with Gasteiger partial charge in [0.1, 0.15) is 11.4 Å². The van der Waals surface area contributed by atoms with Crippen molar-refractivity contribution in [3.63, 3.8) is 0 Å². The highest BCUT2D eigenvalue weighted by atomic mass is 16.5. The molecule has 2 aromatic rings. The van der Waals surface area contributed by atoms with E-state index in [9.17, 15) is 9.59 Å². The smallest absolute Gasteiger partial charge is 0.355 e. The molecule has 1 N–H and O–H groups in total. The van der Waals surface area contributed by atoms with Crippen molar-refractivity contribution in [1.82, 2.24) is 4.98 Å². The molecule has 22 heavy (non-hydrogen) atoms. The zero-order chi connectivity index (χ0) is 16.1. The monoisotopic (exact) mass is 305 g/mol. The van der Waals surface area contributed by atoms with Crippen LogP contribution in [0.15, 0.2) is 18.2 Å². The Kier molecular flexibility index (Phi) is 5.04. The second-order valence-corrected chi connectivity index (χ2v) is 4.59. The molecule has 1 aromatic heterocycles. The molecule has 0 aliphatic rings. The number of aromatic amines is 1. The van der Waals surface area contributed by atoms with E-state index in [2.05, 4.69) is 4.98 Å². The van der Waals surface area contributed by atoms with Gasteiger partial charge in [-0.25, -0.2) is 4.79 Å². The third kappa shape index (κ3) is 3.21. The summed E-state index contributed by atoms with van der Waals surface area (Å²) in [4.78, 5) is 26.9. The van der Waals surface area contributed by atoms with Gasteiger partial charge in [-0.3, -0.25) is 4.79 Å². The summed E-state index contributed by atoms with van der Waals surface area (Å²) in [7, 11) is 1.56. The quantitative estimate of drug-likeness (QED) is 0.829. The fourth-order valence-corrected chi connectivity index (χ4v) is 2.27. The van der Waals surface area contributed by atoms with Gasteiger partial charge in [0.2, 0.25) is 0 Å². The van der Waals surface area contributed by atoms with E-state index in [-0.39, 0.29) is 18.7 Å². The minimum absolute atomic E-state index is 0.00481. The molecule has 0 amide bonds. The molecule has 1 aromatic carbocycles. The van der Waals surface area contributed by atoms with E-state index in [4.69, 9.17) is 14.2 Å². The van der Waals surface area contributed by atoms with Gasteiger partial charge in [0, 0.05) is 16.5 Å². The average Bonchev–Trinajstić information content (AvgIpc) is 2.85. The Hall–Kier alpha value is -2.50. The molecule has 0 fully saturated rings. The second kappa shape index (κ2) is 6.98. The number of H-pyrrole nitrogens is 1. The van der Waals surface area contributed by atoms with Crippen molar-refractivity contribution in [2.45, 2.75) is 20.3 Å². The zero-order valence-corrected chi connectivity index (χ0v) is 12.9. The number of nitrogens with one attached hydrogen (secondary N) is 1. The third-order valence-electron chi connectivity index (χ3n) is 3.22. The molecule has 0 aliphatic carbocycles. The average molecular weight is 305 g/mol. The van der Waals surface area contributed by atoms with Gasteiger partial charge in [-0.05, 0) is 32.0 Å². The minimum atomic E-state index is -0.489. The molecule has 0 saturated heterocycles. The van der Waals surface area contributed by atoms with Gasteiger partial charge in [0.25, 0.3) is 0 Å². The van der Waals surface area contributed by atoms with Gasteiger partial charge < -0.3 is 19.2 Å². The van der Waals surface area contributed by atoms with Gasteiger partial charge in [-0.15, -0.1) is 0 Å². The molecule has 0 aliphatic heterocycles. The lowest BCUT2D eigenvalue weighted by atomic mass is 10.1. The fraction of sp³-hybridized carbons (Fsp3) is 0.375. The Balaban J connectivity index is 2.51. The summed E-state index contributed by atoms with van der Waals surface area (Å²) in [6.45, 7) is 4.02. The lowest BCUT2D eigenvalue weighted by molar-refractivity contribution is -0.142. The number of benzene rings is 1. The lowest BCUT2D eigenvalue weighted by Crippen LogP contribution is -2.12. The first-order valence-corrected chi connectivity index (χ1v) is 7.12. The Morgan fingerprint density at radius 3 is 2.50 bits per heavy atom. The summed E-state index contributed by atoms with van der Waals surface area (Å²) < 4.78 is 15.2. The number of aromatic nitrogens is 1. The van der Waals surface area contributed by atoms with Gasteiger partial charge in [0.15, 0.2) is 0 Å². The van der Waals surface area contributed by atoms with E-state index in [1.54, 1.807) is 39.2 Å². The number of ether oxygens (including phenoxy) is 3. The van der Waals surface area contributed by atoms with Crippen molar-refractivity contribution in [3.05, 3.63) is 29.5 Å². The summed E-state index contributed by atoms with van der Waals surface area (Å²) in [6, 6.07) is 5.36. The van der Waals surface area contributed by atoms with Gasteiger partial charge in [-0.2, -0.15) is 0 Å². The zero-order valence-electron chi connectivity index (χ0n) is 12.9. The number of hydrogen-bond donors (Lipinski definition) is 1. The normalized spacial score (nSPS) is 10.5. The van der Waals surface area contributed by atoms with Crippen LogP contribution >= 0.6 is 0 Å². The Labute approximate surface area is 128 Å². The van der Waals surface area contributed by atoms with Crippen molar-refractivity contribution in [2.24, 2.45) is 0 Å². The largest absolute Gasteiger partial charge is 0.497 e. The van der Waals surface area contributed by atoms with E-state index < -0.39 is 11.9 Å². The number of esters is 2. The van der Waals surface area contributed by atoms with Gasteiger partial charge >= 0.3 is 11.9 Å². The maximum absolute atomic E-state index is 12.1. The number of hydrogen-bond acceptors (Lipinski definition) is 5. The van der Waals surface area contributed by atoms with E-state index in [1.807, 2.05) is 0 Å². The molecule has 118 valence electrons. The first-order valence-electron chi connectivity index (χ1n) is 7.12. The molecule has 0 unspecified atom stereocenters. The van der Waals surface area contributed by atoms with E-state index in [0.717, 1.165) is 10.9 Å². The van der Waals surface area contributed by atoms with Crippen molar-refractivity contribution in [1.29, 1.82) is 0 Å². The van der Waals surface area contributed by atoms with E-state index in [0.29, 0.717) is 17.9 Å². The Bertz CT molecular complexity index is 689. The van der Waals surface area contributed by atoms with Crippen LogP contribution in [0.1, 0.15) is 29.9 Å². The fourth-order valence-electron chi connectivity index (χ4n) is 2.27. The molecule has 0 saturated carbocycles. The number of rotatable bonds is 6. The molecular weight excluding hydrogens is 286 g/mol. The molecule has 6 nitrogen and oxygen atoms in total. The number of carbonyl (C=O) groups excluding carboxylic acids is 2. The van der Waals surface area contributed by atoms with Crippen molar-refractivity contribution in [3.8, 4) is 5.75 Å². The van der Waals surface area contributed by atoms with Crippen LogP contribution < -0.4 is 4.74 Å². The van der Waals surface area contributed by atoms with E-state index in [1.165, 1.54) is 0 Å². The first-order chi connectivity index (χ1) is 10.6. The van der Waals surface area contributed by atoms with Crippen LogP contribution in [0.5, 0.6) is 5.75 Å². The highest BCUT2D eigenvalue weighted by Gasteiger charge is 2.21. The topological polar surface area (TPSA) is 77.6 Å². The van der Waals surface area contributed by atoms with Crippen LogP contribution in [0.4, 0.5) is 0 Å². The third-order valence-corrected chi connectivity index (χ3v) is 3.22. The van der Waals surface area contributed by atoms with Crippen LogP contribution in [0.3, 0.4) is 0 Å². The number of carbonyl (C=O) groups is 2. The Morgan fingerprint density at radius 1 is 1.14 bits per heavy atom. The second-order valence-electron chi connectivity index (χ2n) is 4.59. The molecule has 0 atom stereocenters. The number of methoxy groups -OCH3 is 1. The predicted molar refractivity (Wildman–Crippen MR) is 81.1 cm³/mol.